The minimum absolute atomic E-state index is 0. The number of nitrogens with zero attached hydrogens (tertiary/aromatic N) is 5. The van der Waals surface area contributed by atoms with Gasteiger partial charge in [0.15, 0.2) is 11.9 Å². The molecule has 0 saturated heterocycles. The van der Waals surface area contributed by atoms with E-state index in [4.69, 9.17) is 19.7 Å². The Balaban J connectivity index is 0.00000103. The van der Waals surface area contributed by atoms with Crippen LogP contribution in [-0.4, -0.2) is 30.8 Å². The van der Waals surface area contributed by atoms with E-state index in [1.807, 2.05) is 12.1 Å². The SMILES string of the molecule is O=C([O-])[O-].O=[N+]([O-])c1ccc(Oc2ccc(-n3cncn3)cc2)cn1.[Cs+].[Cs+]. The average molecular weight is 609 g/mol. The van der Waals surface area contributed by atoms with E-state index in [1.165, 1.54) is 24.7 Å². The van der Waals surface area contributed by atoms with Crippen molar-refractivity contribution >= 4 is 12.0 Å². The maximum Gasteiger partial charge on any atom is 1.00 e. The van der Waals surface area contributed by atoms with Gasteiger partial charge in [-0.2, -0.15) is 5.10 Å². The molecule has 2 heterocycles. The maximum absolute atomic E-state index is 10.5. The number of carboxylic acid groups (broad SMARTS) is 2. The number of rotatable bonds is 4. The molecular weight excluding hydrogens is 600 g/mol. The molecule has 13 heteroatoms. The Kier molecular flexibility index (Phi) is 14.2. The second kappa shape index (κ2) is 14.1. The minimum atomic E-state index is -2.33. The Bertz CT molecular complexity index is 839. The van der Waals surface area contributed by atoms with E-state index in [0.29, 0.717) is 11.5 Å². The number of carbonyl (C=O) groups excluding carboxylic acids is 1. The van der Waals surface area contributed by atoms with Crippen LogP contribution in [0.2, 0.25) is 0 Å². The first kappa shape index (κ1) is 27.1. The van der Waals surface area contributed by atoms with E-state index in [0.717, 1.165) is 5.69 Å². The Labute approximate surface area is 270 Å². The van der Waals surface area contributed by atoms with Crippen molar-refractivity contribution in [2.75, 3.05) is 0 Å². The molecule has 11 nitrogen and oxygen atoms in total. The van der Waals surface area contributed by atoms with Gasteiger partial charge < -0.3 is 29.9 Å². The molecule has 3 aromatic rings. The Morgan fingerprint density at radius 3 is 2.07 bits per heavy atom. The van der Waals surface area contributed by atoms with Gasteiger partial charge in [0.1, 0.15) is 18.4 Å². The van der Waals surface area contributed by atoms with Crippen LogP contribution in [0.25, 0.3) is 5.69 Å². The van der Waals surface area contributed by atoms with Crippen molar-refractivity contribution in [2.45, 2.75) is 0 Å². The molecule has 0 atom stereocenters. The van der Waals surface area contributed by atoms with E-state index in [2.05, 4.69) is 15.1 Å². The van der Waals surface area contributed by atoms with Crippen molar-refractivity contribution in [1.29, 1.82) is 0 Å². The zero-order valence-electron chi connectivity index (χ0n) is 14.4. The van der Waals surface area contributed by atoms with Gasteiger partial charge in [-0.05, 0) is 46.4 Å². The fraction of sp³-hybridized carbons (Fsp3) is 0. The average Bonchev–Trinajstić information content (AvgIpc) is 3.10. The molecule has 0 saturated carbocycles. The second-order valence-corrected chi connectivity index (χ2v) is 4.30. The summed E-state index contributed by atoms with van der Waals surface area (Å²) in [6.07, 6.45) is 2.02. The van der Waals surface area contributed by atoms with Crippen LogP contribution in [0.15, 0.2) is 55.2 Å². The van der Waals surface area contributed by atoms with Gasteiger partial charge in [0.05, 0.1) is 5.69 Å². The summed E-state index contributed by atoms with van der Waals surface area (Å²) in [5, 5.41) is 31.2. The molecule has 0 aliphatic heterocycles. The molecule has 2 aromatic heterocycles. The summed E-state index contributed by atoms with van der Waals surface area (Å²) < 4.78 is 7.18. The Morgan fingerprint density at radius 2 is 1.63 bits per heavy atom. The molecule has 0 aliphatic rings. The van der Waals surface area contributed by atoms with Gasteiger partial charge in [0.2, 0.25) is 0 Å². The molecule has 0 aliphatic carbocycles. The normalized spacial score (nSPS) is 8.89. The van der Waals surface area contributed by atoms with Crippen LogP contribution in [0.3, 0.4) is 0 Å². The molecule has 0 fully saturated rings. The zero-order chi connectivity index (χ0) is 18.2. The van der Waals surface area contributed by atoms with E-state index < -0.39 is 11.1 Å². The molecular formula is C14H9Cs2N5O6. The monoisotopic (exact) mass is 609 g/mol. The third kappa shape index (κ3) is 9.90. The molecule has 1 aromatic carbocycles. The standard InChI is InChI=1S/C13H9N5O3.CH2O3.2Cs/c19-18(20)13-6-5-12(7-15-13)21-11-3-1-10(2-4-11)17-9-14-8-16-17;2-1(3)4;;/h1-9H;(H2,2,3,4);;/q;;2*+1/p-2. The fourth-order valence-electron chi connectivity index (χ4n) is 1.69. The van der Waals surface area contributed by atoms with Crippen molar-refractivity contribution in [1.82, 2.24) is 19.7 Å². The van der Waals surface area contributed by atoms with Gasteiger partial charge >= 0.3 is 144 Å². The molecule has 0 bridgehead atoms. The number of hydrogen-bond acceptors (Lipinski definition) is 9. The first-order valence-corrected chi connectivity index (χ1v) is 6.57. The quantitative estimate of drug-likeness (QED) is 0.207. The Morgan fingerprint density at radius 1 is 1.04 bits per heavy atom. The number of benzene rings is 1. The number of carbonyl (C=O) groups is 1. The Hall–Kier alpha value is 0.0839. The summed E-state index contributed by atoms with van der Waals surface area (Å²) in [5.41, 5.74) is 0.849. The summed E-state index contributed by atoms with van der Waals surface area (Å²) in [6, 6.07) is 9.96. The molecule has 3 rings (SSSR count). The van der Waals surface area contributed by atoms with Crippen LogP contribution in [0.4, 0.5) is 10.6 Å². The van der Waals surface area contributed by atoms with Gasteiger partial charge in [0.25, 0.3) is 0 Å². The largest absolute Gasteiger partial charge is 1.00 e. The molecule has 0 radical (unpaired) electrons. The molecule has 0 spiro atoms. The van der Waals surface area contributed by atoms with Gasteiger partial charge in [-0.15, -0.1) is 0 Å². The van der Waals surface area contributed by atoms with Crippen molar-refractivity contribution in [2.24, 2.45) is 0 Å². The molecule has 27 heavy (non-hydrogen) atoms. The van der Waals surface area contributed by atoms with Crippen LogP contribution in [0.5, 0.6) is 11.5 Å². The predicted octanol–water partition coefficient (Wildman–Crippen LogP) is -6.08. The molecule has 0 amide bonds. The minimum Gasteiger partial charge on any atom is -0.652 e. The van der Waals surface area contributed by atoms with Gasteiger partial charge in [-0.3, -0.25) is 0 Å². The number of nitro groups is 1. The van der Waals surface area contributed by atoms with Crippen LogP contribution in [0, 0.1) is 10.1 Å². The van der Waals surface area contributed by atoms with Gasteiger partial charge in [0, 0.05) is 6.07 Å². The van der Waals surface area contributed by atoms with E-state index >= 15 is 0 Å². The van der Waals surface area contributed by atoms with Crippen LogP contribution < -0.4 is 153 Å². The number of hydrogen-bond donors (Lipinski definition) is 0. The summed E-state index contributed by atoms with van der Waals surface area (Å²) in [5.74, 6) is 0.799. The summed E-state index contributed by atoms with van der Waals surface area (Å²) in [7, 11) is 0. The first-order valence-electron chi connectivity index (χ1n) is 6.57. The first-order chi connectivity index (χ1) is 12.0. The summed E-state index contributed by atoms with van der Waals surface area (Å²) >= 11 is 0. The summed E-state index contributed by atoms with van der Waals surface area (Å²) in [4.78, 5) is 25.8. The van der Waals surface area contributed by atoms with Crippen molar-refractivity contribution in [3.05, 3.63) is 65.4 Å². The second-order valence-electron chi connectivity index (χ2n) is 4.30. The number of aromatic nitrogens is 4. The van der Waals surface area contributed by atoms with E-state index in [-0.39, 0.29) is 144 Å². The van der Waals surface area contributed by atoms with Crippen LogP contribution in [0.1, 0.15) is 0 Å². The smallest absolute Gasteiger partial charge is 0.652 e. The fourth-order valence-corrected chi connectivity index (χ4v) is 1.69. The summed E-state index contributed by atoms with van der Waals surface area (Å²) in [6.45, 7) is 0. The zero-order valence-corrected chi connectivity index (χ0v) is 26.9. The van der Waals surface area contributed by atoms with E-state index in [1.54, 1.807) is 23.1 Å². The van der Waals surface area contributed by atoms with Crippen molar-refractivity contribution < 1.29 is 162 Å². The topological polar surface area (TPSA) is 159 Å². The number of ether oxygens (including phenoxy) is 1. The molecule has 0 N–H and O–H groups in total. The van der Waals surface area contributed by atoms with E-state index in [9.17, 15) is 10.1 Å². The third-order valence-corrected chi connectivity index (χ3v) is 2.66. The number of pyridine rings is 1. The van der Waals surface area contributed by atoms with Crippen LogP contribution in [-0.2, 0) is 0 Å². The van der Waals surface area contributed by atoms with Crippen molar-refractivity contribution in [3.63, 3.8) is 0 Å². The molecule has 0 unspecified atom stereocenters. The van der Waals surface area contributed by atoms with Crippen molar-refractivity contribution in [3.8, 4) is 17.2 Å². The van der Waals surface area contributed by atoms with Crippen LogP contribution >= 0.6 is 0 Å². The maximum atomic E-state index is 10.5. The third-order valence-electron chi connectivity index (χ3n) is 2.66. The predicted molar refractivity (Wildman–Crippen MR) is 77.7 cm³/mol. The molecule has 128 valence electrons. The van der Waals surface area contributed by atoms with Gasteiger partial charge in [-0.1, -0.05) is 0 Å². The van der Waals surface area contributed by atoms with Gasteiger partial charge in [-0.25, -0.2) is 9.67 Å².